The molecule has 0 spiro atoms. The molecule has 0 aliphatic heterocycles. The zero-order chi connectivity index (χ0) is 9.73. The lowest BCUT2D eigenvalue weighted by molar-refractivity contribution is 0.125. The van der Waals surface area contributed by atoms with Crippen LogP contribution in [0.1, 0.15) is 26.7 Å². The molecule has 78 valence electrons. The van der Waals surface area contributed by atoms with Gasteiger partial charge in [-0.25, -0.2) is 0 Å². The van der Waals surface area contributed by atoms with Crippen LogP contribution in [0, 0.1) is 5.92 Å². The Morgan fingerprint density at radius 2 is 2.15 bits per heavy atom. The van der Waals surface area contributed by atoms with Gasteiger partial charge in [-0.15, -0.1) is 0 Å². The van der Waals surface area contributed by atoms with Crippen molar-refractivity contribution in [2.45, 2.75) is 32.2 Å². The summed E-state index contributed by atoms with van der Waals surface area (Å²) < 4.78 is 5.47. The van der Waals surface area contributed by atoms with E-state index in [0.717, 1.165) is 32.2 Å². The first-order valence-electron chi connectivity index (χ1n) is 5.15. The summed E-state index contributed by atoms with van der Waals surface area (Å²) in [6, 6.07) is 0. The Hall–Kier alpha value is -0.120. The number of nitrogens with one attached hydrogen (secondary N) is 1. The molecule has 3 N–H and O–H groups in total. The van der Waals surface area contributed by atoms with Crippen molar-refractivity contribution in [3.8, 4) is 0 Å². The predicted molar refractivity (Wildman–Crippen MR) is 54.7 cm³/mol. The summed E-state index contributed by atoms with van der Waals surface area (Å²) in [5.41, 5.74) is 5.69. The highest BCUT2D eigenvalue weighted by molar-refractivity contribution is 4.74. The Balaban J connectivity index is 1.78. The van der Waals surface area contributed by atoms with E-state index in [-0.39, 0.29) is 5.54 Å². The van der Waals surface area contributed by atoms with Gasteiger partial charge in [0.05, 0.1) is 6.61 Å². The van der Waals surface area contributed by atoms with Gasteiger partial charge in [0.1, 0.15) is 0 Å². The minimum absolute atomic E-state index is 0.115. The van der Waals surface area contributed by atoms with Gasteiger partial charge in [-0.1, -0.05) is 0 Å². The molecule has 13 heavy (non-hydrogen) atoms. The van der Waals surface area contributed by atoms with Gasteiger partial charge in [0.15, 0.2) is 0 Å². The van der Waals surface area contributed by atoms with E-state index in [1.54, 1.807) is 0 Å². The lowest BCUT2D eigenvalue weighted by atomic mass is 10.1. The molecule has 3 heteroatoms. The highest BCUT2D eigenvalue weighted by atomic mass is 16.5. The zero-order valence-corrected chi connectivity index (χ0v) is 8.81. The van der Waals surface area contributed by atoms with Crippen LogP contribution in [0.2, 0.25) is 0 Å². The van der Waals surface area contributed by atoms with Crippen LogP contribution in [0.25, 0.3) is 0 Å². The summed E-state index contributed by atoms with van der Waals surface area (Å²) in [6.45, 7) is 7.56. The van der Waals surface area contributed by atoms with Crippen molar-refractivity contribution in [1.29, 1.82) is 0 Å². The zero-order valence-electron chi connectivity index (χ0n) is 8.81. The maximum atomic E-state index is 5.81. The van der Waals surface area contributed by atoms with Crippen LogP contribution < -0.4 is 11.1 Å². The molecule has 0 atom stereocenters. The second kappa shape index (κ2) is 4.94. The van der Waals surface area contributed by atoms with Crippen molar-refractivity contribution < 1.29 is 4.74 Å². The normalized spacial score (nSPS) is 17.8. The van der Waals surface area contributed by atoms with E-state index in [4.69, 9.17) is 10.5 Å². The van der Waals surface area contributed by atoms with E-state index in [1.165, 1.54) is 12.8 Å². The standard InChI is InChI=1S/C10H22N2O/c1-10(2,11)8-12-5-6-13-7-9-3-4-9/h9,12H,3-8,11H2,1-2H3. The van der Waals surface area contributed by atoms with Gasteiger partial charge in [0.25, 0.3) is 0 Å². The molecule has 3 nitrogen and oxygen atoms in total. The second-order valence-corrected chi connectivity index (χ2v) is 4.68. The van der Waals surface area contributed by atoms with Crippen LogP contribution in [-0.2, 0) is 4.74 Å². The Morgan fingerprint density at radius 3 is 2.69 bits per heavy atom. The SMILES string of the molecule is CC(C)(N)CNCCOCC1CC1. The molecule has 0 aromatic heterocycles. The fourth-order valence-electron chi connectivity index (χ4n) is 1.09. The third-order valence-electron chi connectivity index (χ3n) is 2.05. The van der Waals surface area contributed by atoms with E-state index >= 15 is 0 Å². The van der Waals surface area contributed by atoms with E-state index in [9.17, 15) is 0 Å². The highest BCUT2D eigenvalue weighted by Crippen LogP contribution is 2.28. The first-order valence-corrected chi connectivity index (χ1v) is 5.15. The average Bonchev–Trinajstić information content (AvgIpc) is 2.77. The van der Waals surface area contributed by atoms with Crippen molar-refractivity contribution in [3.63, 3.8) is 0 Å². The van der Waals surface area contributed by atoms with E-state index < -0.39 is 0 Å². The van der Waals surface area contributed by atoms with Gasteiger partial charge in [0, 0.05) is 25.2 Å². The molecule has 1 aliphatic rings. The summed E-state index contributed by atoms with van der Waals surface area (Å²) in [7, 11) is 0. The van der Waals surface area contributed by atoms with Crippen LogP contribution >= 0.6 is 0 Å². The fourth-order valence-corrected chi connectivity index (χ4v) is 1.09. The van der Waals surface area contributed by atoms with Gasteiger partial charge in [-0.2, -0.15) is 0 Å². The summed E-state index contributed by atoms with van der Waals surface area (Å²) in [6.07, 6.45) is 2.73. The van der Waals surface area contributed by atoms with Crippen molar-refractivity contribution >= 4 is 0 Å². The summed E-state index contributed by atoms with van der Waals surface area (Å²) in [5.74, 6) is 0.867. The Labute approximate surface area is 81.0 Å². The molecule has 0 aromatic rings. The lowest BCUT2D eigenvalue weighted by Crippen LogP contribution is -2.43. The van der Waals surface area contributed by atoms with Crippen LogP contribution in [0.15, 0.2) is 0 Å². The molecule has 1 saturated carbocycles. The van der Waals surface area contributed by atoms with Crippen LogP contribution in [0.5, 0.6) is 0 Å². The van der Waals surface area contributed by atoms with Crippen LogP contribution in [-0.4, -0.2) is 31.8 Å². The number of nitrogens with two attached hydrogens (primary N) is 1. The molecule has 0 amide bonds. The maximum Gasteiger partial charge on any atom is 0.0591 e. The number of hydrogen-bond donors (Lipinski definition) is 2. The molecule has 0 unspecified atom stereocenters. The minimum Gasteiger partial charge on any atom is -0.380 e. The fraction of sp³-hybridized carbons (Fsp3) is 1.00. The molecule has 1 aliphatic carbocycles. The van der Waals surface area contributed by atoms with Gasteiger partial charge >= 0.3 is 0 Å². The summed E-state index contributed by atoms with van der Waals surface area (Å²) >= 11 is 0. The second-order valence-electron chi connectivity index (χ2n) is 4.68. The van der Waals surface area contributed by atoms with Crippen LogP contribution in [0.3, 0.4) is 0 Å². The minimum atomic E-state index is -0.115. The number of hydrogen-bond acceptors (Lipinski definition) is 3. The van der Waals surface area contributed by atoms with E-state index in [0.29, 0.717) is 0 Å². The molecule has 0 bridgehead atoms. The molecule has 1 fully saturated rings. The lowest BCUT2D eigenvalue weighted by Gasteiger charge is -2.18. The molecule has 0 radical (unpaired) electrons. The first-order chi connectivity index (χ1) is 6.08. The van der Waals surface area contributed by atoms with Gasteiger partial charge < -0.3 is 15.8 Å². The van der Waals surface area contributed by atoms with Crippen molar-refractivity contribution in [1.82, 2.24) is 5.32 Å². The molecular weight excluding hydrogens is 164 g/mol. The molecule has 0 heterocycles. The Bertz CT molecular complexity index is 138. The Morgan fingerprint density at radius 1 is 1.46 bits per heavy atom. The smallest absolute Gasteiger partial charge is 0.0591 e. The maximum absolute atomic E-state index is 5.81. The van der Waals surface area contributed by atoms with Gasteiger partial charge in [0.2, 0.25) is 0 Å². The molecule has 0 saturated heterocycles. The van der Waals surface area contributed by atoms with Gasteiger partial charge in [-0.3, -0.25) is 0 Å². The Kier molecular flexibility index (Phi) is 4.16. The van der Waals surface area contributed by atoms with E-state index in [2.05, 4.69) is 5.32 Å². The van der Waals surface area contributed by atoms with E-state index in [1.807, 2.05) is 13.8 Å². The quantitative estimate of drug-likeness (QED) is 0.577. The topological polar surface area (TPSA) is 47.3 Å². The monoisotopic (exact) mass is 186 g/mol. The van der Waals surface area contributed by atoms with Crippen molar-refractivity contribution in [2.75, 3.05) is 26.3 Å². The first kappa shape index (κ1) is 11.0. The average molecular weight is 186 g/mol. The van der Waals surface area contributed by atoms with Crippen molar-refractivity contribution in [2.24, 2.45) is 11.7 Å². The third-order valence-corrected chi connectivity index (χ3v) is 2.05. The summed E-state index contributed by atoms with van der Waals surface area (Å²) in [5, 5.41) is 3.27. The summed E-state index contributed by atoms with van der Waals surface area (Å²) in [4.78, 5) is 0. The number of ether oxygens (including phenoxy) is 1. The number of rotatable bonds is 7. The highest BCUT2D eigenvalue weighted by Gasteiger charge is 2.20. The predicted octanol–water partition coefficient (Wildman–Crippen LogP) is 0.740. The molecule has 0 aromatic carbocycles. The van der Waals surface area contributed by atoms with Crippen LogP contribution in [0.4, 0.5) is 0 Å². The largest absolute Gasteiger partial charge is 0.380 e. The molecule has 1 rings (SSSR count). The van der Waals surface area contributed by atoms with Gasteiger partial charge in [-0.05, 0) is 32.6 Å². The third kappa shape index (κ3) is 6.99. The molecular formula is C10H22N2O. The van der Waals surface area contributed by atoms with Crippen molar-refractivity contribution in [3.05, 3.63) is 0 Å².